The molecule has 1 N–H and O–H groups in total. The highest BCUT2D eigenvalue weighted by molar-refractivity contribution is 4.96. The highest BCUT2D eigenvalue weighted by atomic mass is 16.5. The number of methoxy groups -OCH3 is 1. The van der Waals surface area contributed by atoms with Crippen LogP contribution in [0.5, 0.6) is 0 Å². The normalized spacial score (nSPS) is 11.3. The number of aromatic nitrogens is 2. The summed E-state index contributed by atoms with van der Waals surface area (Å²) in [5.74, 6) is 0. The Morgan fingerprint density at radius 1 is 1.35 bits per heavy atom. The van der Waals surface area contributed by atoms with Gasteiger partial charge in [-0.3, -0.25) is 0 Å². The molecule has 0 aliphatic heterocycles. The molecule has 0 bridgehead atoms. The average Bonchev–Trinajstić information content (AvgIpc) is 2.74. The molecule has 0 aliphatic carbocycles. The van der Waals surface area contributed by atoms with E-state index in [2.05, 4.69) is 34.9 Å². The second-order valence-electron chi connectivity index (χ2n) is 4.69. The van der Waals surface area contributed by atoms with Gasteiger partial charge in [0.15, 0.2) is 0 Å². The molecule has 0 spiro atoms. The Labute approximate surface area is 104 Å². The first-order chi connectivity index (χ1) is 8.22. The second-order valence-corrected chi connectivity index (χ2v) is 4.69. The lowest BCUT2D eigenvalue weighted by Gasteiger charge is -2.05. The summed E-state index contributed by atoms with van der Waals surface area (Å²) < 4.78 is 7.20. The van der Waals surface area contributed by atoms with Crippen LogP contribution in [0.25, 0.3) is 0 Å². The lowest BCUT2D eigenvalue weighted by Crippen LogP contribution is -2.21. The van der Waals surface area contributed by atoms with E-state index < -0.39 is 0 Å². The van der Waals surface area contributed by atoms with E-state index in [9.17, 15) is 0 Å². The maximum atomic E-state index is 5.03. The molecular weight excluding hydrogens is 214 g/mol. The number of unbranched alkanes of at least 4 members (excludes halogenated alkanes) is 2. The highest BCUT2D eigenvalue weighted by Crippen LogP contribution is 2.02. The summed E-state index contributed by atoms with van der Waals surface area (Å²) in [6.07, 6.45) is 7.61. The van der Waals surface area contributed by atoms with Gasteiger partial charge in [-0.25, -0.2) is 4.98 Å². The third kappa shape index (κ3) is 6.44. The van der Waals surface area contributed by atoms with E-state index in [0.717, 1.165) is 31.8 Å². The Bertz CT molecular complexity index is 297. The van der Waals surface area contributed by atoms with Gasteiger partial charge in [0.1, 0.15) is 0 Å². The van der Waals surface area contributed by atoms with Crippen molar-refractivity contribution in [1.29, 1.82) is 0 Å². The number of rotatable bonds is 9. The largest absolute Gasteiger partial charge is 0.385 e. The molecule has 1 heterocycles. The summed E-state index contributed by atoms with van der Waals surface area (Å²) in [6.45, 7) is 7.07. The number of imidazole rings is 1. The van der Waals surface area contributed by atoms with E-state index in [-0.39, 0.29) is 0 Å². The van der Waals surface area contributed by atoms with E-state index in [4.69, 9.17) is 4.74 Å². The van der Waals surface area contributed by atoms with Gasteiger partial charge >= 0.3 is 0 Å². The first-order valence-electron chi connectivity index (χ1n) is 6.45. The lowest BCUT2D eigenvalue weighted by molar-refractivity contribution is 0.191. The van der Waals surface area contributed by atoms with Crippen LogP contribution in [0.15, 0.2) is 12.5 Å². The molecule has 0 saturated carbocycles. The van der Waals surface area contributed by atoms with Crippen LogP contribution in [0.4, 0.5) is 0 Å². The van der Waals surface area contributed by atoms with E-state index in [1.807, 2.05) is 6.33 Å². The van der Waals surface area contributed by atoms with Crippen molar-refractivity contribution in [3.63, 3.8) is 0 Å². The van der Waals surface area contributed by atoms with Gasteiger partial charge in [-0.2, -0.15) is 0 Å². The fraction of sp³-hybridized carbons (Fsp3) is 0.769. The minimum Gasteiger partial charge on any atom is -0.385 e. The summed E-state index contributed by atoms with van der Waals surface area (Å²) in [4.78, 5) is 4.38. The molecule has 4 nitrogen and oxygen atoms in total. The fourth-order valence-electron chi connectivity index (χ4n) is 1.65. The third-order valence-corrected chi connectivity index (χ3v) is 2.64. The van der Waals surface area contributed by atoms with Gasteiger partial charge in [-0.05, 0) is 19.3 Å². The Kier molecular flexibility index (Phi) is 6.89. The molecule has 17 heavy (non-hydrogen) atoms. The Morgan fingerprint density at radius 3 is 2.88 bits per heavy atom. The molecule has 0 unspecified atom stereocenters. The minimum absolute atomic E-state index is 0.509. The van der Waals surface area contributed by atoms with Gasteiger partial charge in [0, 0.05) is 39.0 Å². The first-order valence-corrected chi connectivity index (χ1v) is 6.45. The van der Waals surface area contributed by atoms with Gasteiger partial charge in [-0.15, -0.1) is 0 Å². The number of aryl methyl sites for hydroxylation is 1. The van der Waals surface area contributed by atoms with Crippen molar-refractivity contribution in [2.75, 3.05) is 13.7 Å². The van der Waals surface area contributed by atoms with Crippen LogP contribution >= 0.6 is 0 Å². The SMILES string of the molecule is COCCCCCn1cnc(CNC(C)C)c1. The number of nitrogens with zero attached hydrogens (tertiary/aromatic N) is 2. The Hall–Kier alpha value is -0.870. The van der Waals surface area contributed by atoms with Crippen molar-refractivity contribution in [2.45, 2.75) is 52.2 Å². The molecule has 0 saturated heterocycles. The van der Waals surface area contributed by atoms with Crippen LogP contribution in [0.3, 0.4) is 0 Å². The Morgan fingerprint density at radius 2 is 2.18 bits per heavy atom. The molecule has 0 amide bonds. The Balaban J connectivity index is 2.17. The number of ether oxygens (including phenoxy) is 1. The predicted octanol–water partition coefficient (Wildman–Crippen LogP) is 2.20. The smallest absolute Gasteiger partial charge is 0.0949 e. The van der Waals surface area contributed by atoms with Crippen LogP contribution in [0.1, 0.15) is 38.8 Å². The van der Waals surface area contributed by atoms with Crippen molar-refractivity contribution in [1.82, 2.24) is 14.9 Å². The topological polar surface area (TPSA) is 39.1 Å². The number of hydrogen-bond acceptors (Lipinski definition) is 3. The van der Waals surface area contributed by atoms with Crippen molar-refractivity contribution in [3.8, 4) is 0 Å². The minimum atomic E-state index is 0.509. The number of hydrogen-bond donors (Lipinski definition) is 1. The zero-order valence-electron chi connectivity index (χ0n) is 11.3. The van der Waals surface area contributed by atoms with E-state index in [0.29, 0.717) is 6.04 Å². The van der Waals surface area contributed by atoms with Crippen molar-refractivity contribution >= 4 is 0 Å². The van der Waals surface area contributed by atoms with Crippen molar-refractivity contribution in [2.24, 2.45) is 0 Å². The summed E-state index contributed by atoms with van der Waals surface area (Å²) in [5.41, 5.74) is 1.12. The number of nitrogens with one attached hydrogen (secondary N) is 1. The molecule has 4 heteroatoms. The molecule has 1 aromatic heterocycles. The van der Waals surface area contributed by atoms with Crippen LogP contribution in [0.2, 0.25) is 0 Å². The summed E-state index contributed by atoms with van der Waals surface area (Å²) in [7, 11) is 1.75. The lowest BCUT2D eigenvalue weighted by atomic mass is 10.2. The molecule has 0 atom stereocenters. The molecule has 0 fully saturated rings. The summed E-state index contributed by atoms with van der Waals surface area (Å²) >= 11 is 0. The summed E-state index contributed by atoms with van der Waals surface area (Å²) in [6, 6.07) is 0.509. The van der Waals surface area contributed by atoms with Crippen LogP contribution in [0, 0.1) is 0 Å². The maximum absolute atomic E-state index is 5.03. The second kappa shape index (κ2) is 8.25. The van der Waals surface area contributed by atoms with E-state index in [1.165, 1.54) is 12.8 Å². The zero-order chi connectivity index (χ0) is 12.5. The van der Waals surface area contributed by atoms with E-state index in [1.54, 1.807) is 7.11 Å². The molecule has 0 aromatic carbocycles. The van der Waals surface area contributed by atoms with Gasteiger partial charge in [0.2, 0.25) is 0 Å². The van der Waals surface area contributed by atoms with Gasteiger partial charge < -0.3 is 14.6 Å². The standard InChI is InChI=1S/C13H25N3O/c1-12(2)14-9-13-10-16(11-15-13)7-5-4-6-8-17-3/h10-12,14H,4-9H2,1-3H3. The fourth-order valence-corrected chi connectivity index (χ4v) is 1.65. The third-order valence-electron chi connectivity index (χ3n) is 2.64. The zero-order valence-corrected chi connectivity index (χ0v) is 11.3. The van der Waals surface area contributed by atoms with Crippen LogP contribution in [-0.2, 0) is 17.8 Å². The summed E-state index contributed by atoms with van der Waals surface area (Å²) in [5, 5.41) is 3.37. The molecule has 1 aromatic rings. The van der Waals surface area contributed by atoms with Crippen LogP contribution in [-0.4, -0.2) is 29.3 Å². The first kappa shape index (κ1) is 14.2. The predicted molar refractivity (Wildman–Crippen MR) is 69.9 cm³/mol. The van der Waals surface area contributed by atoms with Gasteiger partial charge in [0.25, 0.3) is 0 Å². The quantitative estimate of drug-likeness (QED) is 0.671. The average molecular weight is 239 g/mol. The van der Waals surface area contributed by atoms with Crippen LogP contribution < -0.4 is 5.32 Å². The molecule has 98 valence electrons. The van der Waals surface area contributed by atoms with E-state index >= 15 is 0 Å². The molecule has 0 radical (unpaired) electrons. The van der Waals surface area contributed by atoms with Crippen molar-refractivity contribution in [3.05, 3.63) is 18.2 Å². The van der Waals surface area contributed by atoms with Gasteiger partial charge in [-0.1, -0.05) is 13.8 Å². The molecule has 1 rings (SSSR count). The highest BCUT2D eigenvalue weighted by Gasteiger charge is 1.99. The van der Waals surface area contributed by atoms with Gasteiger partial charge in [0.05, 0.1) is 12.0 Å². The molecule has 0 aliphatic rings. The molecular formula is C13H25N3O. The maximum Gasteiger partial charge on any atom is 0.0949 e. The monoisotopic (exact) mass is 239 g/mol. The van der Waals surface area contributed by atoms with Crippen molar-refractivity contribution < 1.29 is 4.74 Å².